The van der Waals surface area contributed by atoms with Crippen molar-refractivity contribution in [1.82, 2.24) is 0 Å². The second kappa shape index (κ2) is 7.06. The van der Waals surface area contributed by atoms with Crippen molar-refractivity contribution in [2.75, 3.05) is 5.06 Å². The van der Waals surface area contributed by atoms with Gasteiger partial charge in [0.2, 0.25) is 0 Å². The van der Waals surface area contributed by atoms with Gasteiger partial charge in [0.15, 0.2) is 0 Å². The minimum atomic E-state index is -0.932. The van der Waals surface area contributed by atoms with Crippen molar-refractivity contribution >= 4 is 5.69 Å². The van der Waals surface area contributed by atoms with Crippen LogP contribution in [0.25, 0.3) is 0 Å². The Hall–Kier alpha value is -2.82. The molecule has 1 saturated carbocycles. The molecule has 1 heterocycles. The van der Waals surface area contributed by atoms with E-state index in [1.165, 1.54) is 0 Å². The van der Waals surface area contributed by atoms with Crippen molar-refractivity contribution in [2.24, 2.45) is 17.3 Å². The van der Waals surface area contributed by atoms with Gasteiger partial charge < -0.3 is 0 Å². The van der Waals surface area contributed by atoms with E-state index in [1.54, 1.807) is 0 Å². The minimum absolute atomic E-state index is 0.0538. The van der Waals surface area contributed by atoms with Gasteiger partial charge in [0.1, 0.15) is 11.5 Å². The first-order valence-corrected chi connectivity index (χ1v) is 9.61. The zero-order valence-corrected chi connectivity index (χ0v) is 15.5. The van der Waals surface area contributed by atoms with Crippen molar-refractivity contribution in [2.45, 2.75) is 38.3 Å². The molecular formula is C23H23N3O. The van der Waals surface area contributed by atoms with Gasteiger partial charge in [0, 0.05) is 5.92 Å². The molecule has 0 radical (unpaired) electrons. The highest BCUT2D eigenvalue weighted by molar-refractivity contribution is 5.47. The van der Waals surface area contributed by atoms with E-state index in [1.807, 2.05) is 41.5 Å². The maximum absolute atomic E-state index is 9.88. The van der Waals surface area contributed by atoms with Crippen LogP contribution < -0.4 is 5.06 Å². The van der Waals surface area contributed by atoms with Crippen molar-refractivity contribution in [1.29, 1.82) is 10.5 Å². The number of benzene rings is 2. The SMILES string of the molecule is CC[C@@H]1C[C@H]2[C@H](CC1(C#N)C#N)[C@H](c1ccccc1)ON2c1ccccc1. The first-order valence-electron chi connectivity index (χ1n) is 9.61. The minimum Gasteiger partial charge on any atom is -0.265 e. The lowest BCUT2D eigenvalue weighted by Crippen LogP contribution is -2.45. The first kappa shape index (κ1) is 17.6. The Balaban J connectivity index is 1.76. The number of fused-ring (bicyclic) bond motifs is 1. The van der Waals surface area contributed by atoms with Crippen LogP contribution in [0.5, 0.6) is 0 Å². The maximum Gasteiger partial charge on any atom is 0.147 e. The molecule has 4 nitrogen and oxygen atoms in total. The third-order valence-electron chi connectivity index (χ3n) is 6.22. The average Bonchev–Trinajstić information content (AvgIpc) is 3.11. The summed E-state index contributed by atoms with van der Waals surface area (Å²) in [4.78, 5) is 6.47. The van der Waals surface area contributed by atoms with Crippen LogP contribution in [0.2, 0.25) is 0 Å². The number of rotatable bonds is 3. The van der Waals surface area contributed by atoms with Crippen molar-refractivity contribution < 1.29 is 4.84 Å². The van der Waals surface area contributed by atoms with E-state index in [9.17, 15) is 10.5 Å². The Morgan fingerprint density at radius 1 is 1.04 bits per heavy atom. The molecule has 0 N–H and O–H groups in total. The van der Waals surface area contributed by atoms with E-state index in [4.69, 9.17) is 4.84 Å². The van der Waals surface area contributed by atoms with Crippen molar-refractivity contribution in [3.63, 3.8) is 0 Å². The highest BCUT2D eigenvalue weighted by atomic mass is 16.7. The molecule has 0 bridgehead atoms. The molecule has 4 heteroatoms. The average molecular weight is 357 g/mol. The van der Waals surface area contributed by atoms with Crippen molar-refractivity contribution in [3.8, 4) is 12.1 Å². The standard InChI is InChI=1S/C23H23N3O/c1-2-18-13-21-20(14-23(18,15-24)16-25)22(17-9-5-3-6-10-17)27-26(21)19-11-7-4-8-12-19/h3-12,18,20-22H,2,13-14H2,1H3/t18-,20+,21+,22+/m1/s1. The summed E-state index contributed by atoms with van der Waals surface area (Å²) >= 11 is 0. The van der Waals surface area contributed by atoms with Crippen LogP contribution in [-0.2, 0) is 4.84 Å². The molecule has 2 fully saturated rings. The highest BCUT2D eigenvalue weighted by Gasteiger charge is 2.56. The second-order valence-corrected chi connectivity index (χ2v) is 7.57. The third-order valence-corrected chi connectivity index (χ3v) is 6.22. The van der Waals surface area contributed by atoms with Crippen LogP contribution in [0.15, 0.2) is 60.7 Å². The number of hydrogen-bond acceptors (Lipinski definition) is 4. The van der Waals surface area contributed by atoms with Gasteiger partial charge in [-0.25, -0.2) is 0 Å². The molecule has 0 unspecified atom stereocenters. The molecule has 1 saturated heterocycles. The van der Waals surface area contributed by atoms with Gasteiger partial charge in [-0.1, -0.05) is 61.9 Å². The lowest BCUT2D eigenvalue weighted by Gasteiger charge is -2.41. The summed E-state index contributed by atoms with van der Waals surface area (Å²) < 4.78 is 0. The summed E-state index contributed by atoms with van der Waals surface area (Å²) in [6.45, 7) is 2.08. The van der Waals surface area contributed by atoms with E-state index in [-0.39, 0.29) is 24.0 Å². The second-order valence-electron chi connectivity index (χ2n) is 7.57. The van der Waals surface area contributed by atoms with Crippen LogP contribution in [0.4, 0.5) is 5.69 Å². The number of hydroxylamine groups is 1. The Labute approximate surface area is 160 Å². The van der Waals surface area contributed by atoms with E-state index in [0.717, 1.165) is 24.1 Å². The fourth-order valence-electron chi connectivity index (χ4n) is 4.79. The monoisotopic (exact) mass is 357 g/mol. The van der Waals surface area contributed by atoms with Gasteiger partial charge in [-0.15, -0.1) is 0 Å². The smallest absolute Gasteiger partial charge is 0.147 e. The molecule has 136 valence electrons. The van der Waals surface area contributed by atoms with Crippen LogP contribution in [0.1, 0.15) is 37.9 Å². The van der Waals surface area contributed by atoms with E-state index in [0.29, 0.717) is 6.42 Å². The topological polar surface area (TPSA) is 60.1 Å². The molecular weight excluding hydrogens is 334 g/mol. The van der Waals surface area contributed by atoms with E-state index in [2.05, 4.69) is 43.3 Å². The maximum atomic E-state index is 9.88. The van der Waals surface area contributed by atoms with Gasteiger partial charge >= 0.3 is 0 Å². The quantitative estimate of drug-likeness (QED) is 0.774. The lowest BCUT2D eigenvalue weighted by molar-refractivity contribution is 0.0618. The molecule has 0 amide bonds. The molecule has 27 heavy (non-hydrogen) atoms. The van der Waals surface area contributed by atoms with Gasteiger partial charge in [-0.3, -0.25) is 9.90 Å². The number of para-hydroxylation sites is 1. The van der Waals surface area contributed by atoms with Gasteiger partial charge in [0.25, 0.3) is 0 Å². The Kier molecular flexibility index (Phi) is 4.60. The summed E-state index contributed by atoms with van der Waals surface area (Å²) in [5.41, 5.74) is 1.20. The van der Waals surface area contributed by atoms with Crippen LogP contribution >= 0.6 is 0 Å². The molecule has 4 rings (SSSR count). The predicted molar refractivity (Wildman–Crippen MR) is 103 cm³/mol. The molecule has 2 aliphatic rings. The van der Waals surface area contributed by atoms with Crippen LogP contribution in [0.3, 0.4) is 0 Å². The van der Waals surface area contributed by atoms with E-state index < -0.39 is 5.41 Å². The van der Waals surface area contributed by atoms with Crippen molar-refractivity contribution in [3.05, 3.63) is 66.2 Å². The zero-order chi connectivity index (χ0) is 18.9. The third kappa shape index (κ3) is 2.87. The fraction of sp³-hybridized carbons (Fsp3) is 0.391. The normalized spacial score (nSPS) is 28.8. The number of nitrogens with zero attached hydrogens (tertiary/aromatic N) is 3. The summed E-state index contributed by atoms with van der Waals surface area (Å²) in [5, 5.41) is 21.8. The van der Waals surface area contributed by atoms with Crippen LogP contribution in [0, 0.1) is 39.9 Å². The molecule has 2 aromatic carbocycles. The fourth-order valence-corrected chi connectivity index (χ4v) is 4.79. The number of hydrogen-bond donors (Lipinski definition) is 0. The zero-order valence-electron chi connectivity index (χ0n) is 15.5. The summed E-state index contributed by atoms with van der Waals surface area (Å²) in [6.07, 6.45) is 2.02. The summed E-state index contributed by atoms with van der Waals surface area (Å²) in [5.74, 6) is 0.160. The summed E-state index contributed by atoms with van der Waals surface area (Å²) in [7, 11) is 0. The number of anilines is 1. The van der Waals surface area contributed by atoms with Crippen LogP contribution in [-0.4, -0.2) is 6.04 Å². The molecule has 1 aliphatic carbocycles. The predicted octanol–water partition coefficient (Wildman–Crippen LogP) is 5.02. The summed E-state index contributed by atoms with van der Waals surface area (Å²) in [6, 6.07) is 25.2. The lowest BCUT2D eigenvalue weighted by atomic mass is 9.60. The molecule has 4 atom stereocenters. The van der Waals surface area contributed by atoms with Gasteiger partial charge in [-0.05, 0) is 36.5 Å². The Morgan fingerprint density at radius 2 is 1.67 bits per heavy atom. The molecule has 1 aliphatic heterocycles. The molecule has 0 spiro atoms. The van der Waals surface area contributed by atoms with Gasteiger partial charge in [-0.2, -0.15) is 10.5 Å². The molecule has 0 aromatic heterocycles. The van der Waals surface area contributed by atoms with Gasteiger partial charge in [0.05, 0.1) is 23.9 Å². The Morgan fingerprint density at radius 3 is 2.26 bits per heavy atom. The highest BCUT2D eigenvalue weighted by Crippen LogP contribution is 2.55. The number of nitriles is 2. The Bertz CT molecular complexity index is 854. The largest absolute Gasteiger partial charge is 0.265 e. The van der Waals surface area contributed by atoms with E-state index >= 15 is 0 Å². The first-order chi connectivity index (χ1) is 13.2. The molecule has 2 aromatic rings.